The second kappa shape index (κ2) is 6.13. The number of ether oxygens (including phenoxy) is 2. The van der Waals surface area contributed by atoms with E-state index in [0.717, 1.165) is 4.90 Å². The minimum atomic E-state index is -0.580. The monoisotopic (exact) mass is 349 g/mol. The first-order valence-corrected chi connectivity index (χ1v) is 7.41. The highest BCUT2D eigenvalue weighted by Crippen LogP contribution is 2.39. The first-order valence-electron chi connectivity index (χ1n) is 7.03. The Kier molecular flexibility index (Phi) is 4.15. The number of carbonyl (C=O) groups is 2. The van der Waals surface area contributed by atoms with Crippen LogP contribution >= 0.6 is 11.6 Å². The van der Waals surface area contributed by atoms with Gasteiger partial charge in [0.1, 0.15) is 5.82 Å². The van der Waals surface area contributed by atoms with Crippen molar-refractivity contribution in [2.24, 2.45) is 0 Å². The van der Waals surface area contributed by atoms with Gasteiger partial charge in [0.25, 0.3) is 11.8 Å². The summed E-state index contributed by atoms with van der Waals surface area (Å²) in [6, 6.07) is 7.21. The predicted molar refractivity (Wildman–Crippen MR) is 85.2 cm³/mol. The number of benzene rings is 2. The van der Waals surface area contributed by atoms with E-state index in [9.17, 15) is 14.0 Å². The normalized spacial score (nSPS) is 13.2. The van der Waals surface area contributed by atoms with Crippen molar-refractivity contribution in [1.29, 1.82) is 0 Å². The third kappa shape index (κ3) is 2.39. The molecular formula is C17H13ClFNO4. The van der Waals surface area contributed by atoms with Gasteiger partial charge in [-0.2, -0.15) is 0 Å². The molecule has 24 heavy (non-hydrogen) atoms. The second-order valence-corrected chi connectivity index (χ2v) is 5.53. The van der Waals surface area contributed by atoms with E-state index in [2.05, 4.69) is 0 Å². The minimum Gasteiger partial charge on any atom is -0.493 e. The summed E-state index contributed by atoms with van der Waals surface area (Å²) >= 11 is 5.99. The van der Waals surface area contributed by atoms with Crippen molar-refractivity contribution in [3.8, 4) is 11.5 Å². The van der Waals surface area contributed by atoms with Crippen molar-refractivity contribution in [3.05, 3.63) is 57.9 Å². The fraction of sp³-hybridized carbons (Fsp3) is 0.176. The zero-order valence-corrected chi connectivity index (χ0v) is 13.7. The molecule has 3 rings (SSSR count). The van der Waals surface area contributed by atoms with Crippen LogP contribution in [0.2, 0.25) is 5.02 Å². The molecule has 0 saturated carbocycles. The maximum atomic E-state index is 14.0. The van der Waals surface area contributed by atoms with Gasteiger partial charge in [-0.25, -0.2) is 4.39 Å². The van der Waals surface area contributed by atoms with Gasteiger partial charge in [-0.15, -0.1) is 0 Å². The lowest BCUT2D eigenvalue weighted by molar-refractivity contribution is 0.0640. The SMILES string of the molecule is COc1ccc2c(c1OC)C(=O)N(Cc1c(F)cccc1Cl)C2=O. The lowest BCUT2D eigenvalue weighted by Crippen LogP contribution is -2.29. The van der Waals surface area contributed by atoms with Gasteiger partial charge in [0.05, 0.1) is 31.9 Å². The van der Waals surface area contributed by atoms with Gasteiger partial charge in [0, 0.05) is 10.6 Å². The van der Waals surface area contributed by atoms with E-state index in [1.54, 1.807) is 6.07 Å². The van der Waals surface area contributed by atoms with E-state index in [-0.39, 0.29) is 34.0 Å². The fourth-order valence-electron chi connectivity index (χ4n) is 2.68. The van der Waals surface area contributed by atoms with E-state index in [1.807, 2.05) is 0 Å². The number of nitrogens with zero attached hydrogens (tertiary/aromatic N) is 1. The molecule has 7 heteroatoms. The summed E-state index contributed by atoms with van der Waals surface area (Å²) in [7, 11) is 2.81. The minimum absolute atomic E-state index is 0.0830. The molecule has 0 aromatic heterocycles. The average molecular weight is 350 g/mol. The lowest BCUT2D eigenvalue weighted by Gasteiger charge is -2.15. The van der Waals surface area contributed by atoms with Crippen LogP contribution in [0, 0.1) is 5.82 Å². The number of rotatable bonds is 4. The van der Waals surface area contributed by atoms with Gasteiger partial charge < -0.3 is 9.47 Å². The molecule has 0 atom stereocenters. The van der Waals surface area contributed by atoms with Crippen molar-refractivity contribution < 1.29 is 23.5 Å². The molecule has 5 nitrogen and oxygen atoms in total. The Labute approximate surface area is 142 Å². The molecule has 2 amide bonds. The van der Waals surface area contributed by atoms with Crippen LogP contribution in [0.1, 0.15) is 26.3 Å². The van der Waals surface area contributed by atoms with Gasteiger partial charge in [0.15, 0.2) is 11.5 Å². The molecule has 1 aliphatic heterocycles. The van der Waals surface area contributed by atoms with Crippen LogP contribution < -0.4 is 9.47 Å². The molecule has 0 aliphatic carbocycles. The van der Waals surface area contributed by atoms with Crippen LogP contribution in [0.3, 0.4) is 0 Å². The zero-order valence-electron chi connectivity index (χ0n) is 12.9. The lowest BCUT2D eigenvalue weighted by atomic mass is 10.1. The van der Waals surface area contributed by atoms with Crippen LogP contribution in [0.15, 0.2) is 30.3 Å². The molecule has 1 aliphatic rings. The smallest absolute Gasteiger partial charge is 0.265 e. The Morgan fingerprint density at radius 1 is 1.08 bits per heavy atom. The van der Waals surface area contributed by atoms with Gasteiger partial charge in [-0.3, -0.25) is 14.5 Å². The molecule has 2 aromatic carbocycles. The molecule has 0 saturated heterocycles. The van der Waals surface area contributed by atoms with Crippen LogP contribution in [0.25, 0.3) is 0 Å². The van der Waals surface area contributed by atoms with Gasteiger partial charge >= 0.3 is 0 Å². The standard InChI is InChI=1S/C17H13ClFNO4/c1-23-13-7-6-9-14(15(13)24-2)17(22)20(16(9)21)8-10-11(18)4-3-5-12(10)19/h3-7H,8H2,1-2H3. The number of methoxy groups -OCH3 is 2. The molecule has 0 unspecified atom stereocenters. The van der Waals surface area contributed by atoms with Gasteiger partial charge in [-0.05, 0) is 24.3 Å². The average Bonchev–Trinajstić information content (AvgIpc) is 2.81. The molecule has 0 N–H and O–H groups in total. The number of imide groups is 1. The van der Waals surface area contributed by atoms with E-state index >= 15 is 0 Å². The van der Waals surface area contributed by atoms with Crippen molar-refractivity contribution in [2.45, 2.75) is 6.54 Å². The Morgan fingerprint density at radius 2 is 1.83 bits per heavy atom. The number of fused-ring (bicyclic) bond motifs is 1. The maximum absolute atomic E-state index is 14.0. The van der Waals surface area contributed by atoms with Crippen LogP contribution in [0.5, 0.6) is 11.5 Å². The van der Waals surface area contributed by atoms with Crippen molar-refractivity contribution in [3.63, 3.8) is 0 Å². The Hall–Kier alpha value is -2.60. The topological polar surface area (TPSA) is 55.8 Å². The summed E-state index contributed by atoms with van der Waals surface area (Å²) in [5, 5.41) is 0.149. The molecule has 124 valence electrons. The Balaban J connectivity index is 2.05. The third-order valence-electron chi connectivity index (χ3n) is 3.86. The highest BCUT2D eigenvalue weighted by Gasteiger charge is 2.40. The van der Waals surface area contributed by atoms with Crippen molar-refractivity contribution in [1.82, 2.24) is 4.90 Å². The molecule has 0 radical (unpaired) electrons. The van der Waals surface area contributed by atoms with E-state index < -0.39 is 17.6 Å². The summed E-state index contributed by atoms with van der Waals surface area (Å²) < 4.78 is 24.3. The number of hydrogen-bond acceptors (Lipinski definition) is 4. The summed E-state index contributed by atoms with van der Waals surface area (Å²) in [5.41, 5.74) is 0.374. The van der Waals surface area contributed by atoms with Crippen molar-refractivity contribution >= 4 is 23.4 Å². The van der Waals surface area contributed by atoms with E-state index in [0.29, 0.717) is 5.75 Å². The number of hydrogen-bond donors (Lipinski definition) is 0. The molecule has 0 fully saturated rings. The molecule has 1 heterocycles. The third-order valence-corrected chi connectivity index (χ3v) is 4.21. The van der Waals surface area contributed by atoms with E-state index in [1.165, 1.54) is 38.5 Å². The van der Waals surface area contributed by atoms with Crippen molar-refractivity contribution in [2.75, 3.05) is 14.2 Å². The highest BCUT2D eigenvalue weighted by molar-refractivity contribution is 6.31. The number of carbonyl (C=O) groups excluding carboxylic acids is 2. The molecule has 2 aromatic rings. The Morgan fingerprint density at radius 3 is 2.46 bits per heavy atom. The fourth-order valence-corrected chi connectivity index (χ4v) is 2.90. The molecule has 0 bridgehead atoms. The Bertz CT molecular complexity index is 832. The summed E-state index contributed by atoms with van der Waals surface area (Å²) in [4.78, 5) is 26.2. The van der Waals surface area contributed by atoms with Gasteiger partial charge in [0.2, 0.25) is 0 Å². The first kappa shape index (κ1) is 16.3. The predicted octanol–water partition coefficient (Wildman–Crippen LogP) is 3.29. The maximum Gasteiger partial charge on any atom is 0.265 e. The number of amides is 2. The van der Waals surface area contributed by atoms with Gasteiger partial charge in [-0.1, -0.05) is 17.7 Å². The highest BCUT2D eigenvalue weighted by atomic mass is 35.5. The quantitative estimate of drug-likeness (QED) is 0.795. The number of halogens is 2. The first-order chi connectivity index (χ1) is 11.5. The summed E-state index contributed by atoms with van der Waals surface area (Å²) in [6.07, 6.45) is 0. The molecular weight excluding hydrogens is 337 g/mol. The summed E-state index contributed by atoms with van der Waals surface area (Å²) in [5.74, 6) is -1.18. The van der Waals surface area contributed by atoms with E-state index in [4.69, 9.17) is 21.1 Å². The van der Waals surface area contributed by atoms with Crippen LogP contribution in [0.4, 0.5) is 4.39 Å². The second-order valence-electron chi connectivity index (χ2n) is 5.12. The zero-order chi connectivity index (χ0) is 17.4. The van der Waals surface area contributed by atoms with Crippen LogP contribution in [-0.2, 0) is 6.54 Å². The molecule has 0 spiro atoms. The summed E-state index contributed by atoms with van der Waals surface area (Å²) in [6.45, 7) is -0.261. The van der Waals surface area contributed by atoms with Crippen LogP contribution in [-0.4, -0.2) is 30.9 Å². The largest absolute Gasteiger partial charge is 0.493 e.